The van der Waals surface area contributed by atoms with Gasteiger partial charge in [-0.15, -0.1) is 0 Å². The molecule has 1 amide bonds. The van der Waals surface area contributed by atoms with Crippen molar-refractivity contribution in [2.24, 2.45) is 0 Å². The second-order valence-corrected chi connectivity index (χ2v) is 8.20. The number of ether oxygens (including phenoxy) is 2. The highest BCUT2D eigenvalue weighted by Crippen LogP contribution is 2.38. The third-order valence-corrected chi connectivity index (χ3v) is 5.93. The number of methoxy groups -OCH3 is 1. The van der Waals surface area contributed by atoms with Crippen molar-refractivity contribution < 1.29 is 18.7 Å². The molecule has 1 N–H and O–H groups in total. The predicted octanol–water partition coefficient (Wildman–Crippen LogP) is 6.88. The maximum Gasteiger partial charge on any atom is 0.244 e. The molecule has 0 saturated heterocycles. The highest BCUT2D eigenvalue weighted by Gasteiger charge is 2.15. The van der Waals surface area contributed by atoms with Gasteiger partial charge in [0.25, 0.3) is 0 Å². The van der Waals surface area contributed by atoms with E-state index in [-0.39, 0.29) is 5.91 Å². The Morgan fingerprint density at radius 2 is 1.88 bits per heavy atom. The number of hydrogen-bond donors (Lipinski definition) is 1. The second kappa shape index (κ2) is 10.5. The fourth-order valence-corrected chi connectivity index (χ4v) is 3.98. The third kappa shape index (κ3) is 5.10. The van der Waals surface area contributed by atoms with Crippen molar-refractivity contribution in [3.05, 3.63) is 89.2 Å². The van der Waals surface area contributed by atoms with Gasteiger partial charge in [-0.2, -0.15) is 0 Å². The van der Waals surface area contributed by atoms with Crippen LogP contribution in [0.25, 0.3) is 27.7 Å². The summed E-state index contributed by atoms with van der Waals surface area (Å²) in [5.41, 5.74) is 5.16. The van der Waals surface area contributed by atoms with Crippen LogP contribution in [0, 0.1) is 0 Å². The van der Waals surface area contributed by atoms with E-state index in [0.29, 0.717) is 29.5 Å². The summed E-state index contributed by atoms with van der Waals surface area (Å²) in [6, 6.07) is 19.1. The smallest absolute Gasteiger partial charge is 0.244 e. The third-order valence-electron chi connectivity index (χ3n) is 5.56. The minimum Gasteiger partial charge on any atom is -0.497 e. The minimum atomic E-state index is -0.206. The SMILES string of the molecule is CCOc1cc2occ(-c3ccc(OC)cc3)c2cc1/C(C)=C/C(=O)NCc1ccccc1Cl. The summed E-state index contributed by atoms with van der Waals surface area (Å²) in [5, 5.41) is 4.46. The van der Waals surface area contributed by atoms with E-state index in [1.165, 1.54) is 0 Å². The first-order valence-electron chi connectivity index (χ1n) is 11.0. The maximum atomic E-state index is 12.6. The Morgan fingerprint density at radius 3 is 2.59 bits per heavy atom. The molecule has 0 fully saturated rings. The van der Waals surface area contributed by atoms with E-state index in [1.807, 2.05) is 68.4 Å². The number of carbonyl (C=O) groups excluding carboxylic acids is 1. The number of hydrogen-bond acceptors (Lipinski definition) is 4. The first kappa shape index (κ1) is 23.5. The molecule has 6 heteroatoms. The molecular weight excluding hydrogens is 450 g/mol. The molecule has 5 nitrogen and oxygen atoms in total. The molecule has 0 radical (unpaired) electrons. The van der Waals surface area contributed by atoms with Crippen molar-refractivity contribution in [2.75, 3.05) is 13.7 Å². The number of nitrogens with one attached hydrogen (secondary N) is 1. The average molecular weight is 476 g/mol. The Hall–Kier alpha value is -3.70. The van der Waals surface area contributed by atoms with E-state index in [9.17, 15) is 4.79 Å². The largest absolute Gasteiger partial charge is 0.497 e. The summed E-state index contributed by atoms with van der Waals surface area (Å²) in [6.45, 7) is 4.67. The highest BCUT2D eigenvalue weighted by molar-refractivity contribution is 6.31. The zero-order valence-corrected chi connectivity index (χ0v) is 20.1. The van der Waals surface area contributed by atoms with Crippen LogP contribution >= 0.6 is 11.6 Å². The molecular formula is C28H26ClNO4. The number of fused-ring (bicyclic) bond motifs is 1. The summed E-state index contributed by atoms with van der Waals surface area (Å²) in [4.78, 5) is 12.6. The predicted molar refractivity (Wildman–Crippen MR) is 136 cm³/mol. The van der Waals surface area contributed by atoms with Crippen molar-refractivity contribution in [2.45, 2.75) is 20.4 Å². The molecule has 0 aliphatic heterocycles. The van der Waals surface area contributed by atoms with Gasteiger partial charge in [0.05, 0.1) is 20.0 Å². The van der Waals surface area contributed by atoms with Crippen LogP contribution in [0.2, 0.25) is 5.02 Å². The lowest BCUT2D eigenvalue weighted by atomic mass is 9.99. The molecule has 3 aromatic carbocycles. The van der Waals surface area contributed by atoms with Crippen molar-refractivity contribution in [1.29, 1.82) is 0 Å². The normalized spacial score (nSPS) is 11.5. The van der Waals surface area contributed by atoms with Gasteiger partial charge in [-0.3, -0.25) is 4.79 Å². The van der Waals surface area contributed by atoms with Gasteiger partial charge in [-0.1, -0.05) is 41.9 Å². The van der Waals surface area contributed by atoms with Gasteiger partial charge in [0.1, 0.15) is 17.1 Å². The van der Waals surface area contributed by atoms with Gasteiger partial charge in [0, 0.05) is 40.2 Å². The maximum absolute atomic E-state index is 12.6. The lowest BCUT2D eigenvalue weighted by molar-refractivity contribution is -0.116. The summed E-state index contributed by atoms with van der Waals surface area (Å²) < 4.78 is 17.0. The molecule has 0 spiro atoms. The first-order valence-corrected chi connectivity index (χ1v) is 11.4. The van der Waals surface area contributed by atoms with Crippen LogP contribution in [0.1, 0.15) is 25.0 Å². The Morgan fingerprint density at radius 1 is 1.12 bits per heavy atom. The van der Waals surface area contributed by atoms with Gasteiger partial charge in [-0.05, 0) is 54.8 Å². The van der Waals surface area contributed by atoms with E-state index < -0.39 is 0 Å². The molecule has 0 bridgehead atoms. The topological polar surface area (TPSA) is 60.7 Å². The van der Waals surface area contributed by atoms with E-state index in [0.717, 1.165) is 39.0 Å². The molecule has 0 aliphatic rings. The summed E-state index contributed by atoms with van der Waals surface area (Å²) in [6.07, 6.45) is 3.31. The van der Waals surface area contributed by atoms with E-state index in [1.54, 1.807) is 25.5 Å². The van der Waals surface area contributed by atoms with Gasteiger partial charge in [0.15, 0.2) is 0 Å². The molecule has 0 aliphatic carbocycles. The van der Waals surface area contributed by atoms with Crippen LogP contribution in [0.5, 0.6) is 11.5 Å². The number of benzene rings is 3. The van der Waals surface area contributed by atoms with Crippen LogP contribution < -0.4 is 14.8 Å². The van der Waals surface area contributed by atoms with Gasteiger partial charge in [-0.25, -0.2) is 0 Å². The second-order valence-electron chi connectivity index (χ2n) is 7.79. The molecule has 34 heavy (non-hydrogen) atoms. The van der Waals surface area contributed by atoms with E-state index >= 15 is 0 Å². The number of amides is 1. The number of rotatable bonds is 8. The van der Waals surface area contributed by atoms with Crippen LogP contribution in [-0.4, -0.2) is 19.6 Å². The zero-order valence-electron chi connectivity index (χ0n) is 19.4. The lowest BCUT2D eigenvalue weighted by Gasteiger charge is -2.12. The Balaban J connectivity index is 1.65. The van der Waals surface area contributed by atoms with Gasteiger partial charge < -0.3 is 19.2 Å². The first-order chi connectivity index (χ1) is 16.5. The zero-order chi connectivity index (χ0) is 24.1. The standard InChI is InChI=1S/C28H26ClNO4/c1-4-33-26-15-27-23(24(17-34-27)19-9-11-21(32-3)12-10-19)14-22(26)18(2)13-28(31)30-16-20-7-5-6-8-25(20)29/h5-15,17H,4,16H2,1-3H3,(H,30,31)/b18-13+. The van der Waals surface area contributed by atoms with Crippen molar-refractivity contribution in [3.8, 4) is 22.6 Å². The summed E-state index contributed by atoms with van der Waals surface area (Å²) >= 11 is 6.19. The van der Waals surface area contributed by atoms with Crippen molar-refractivity contribution in [3.63, 3.8) is 0 Å². The monoisotopic (exact) mass is 475 g/mol. The lowest BCUT2D eigenvalue weighted by Crippen LogP contribution is -2.20. The Labute approximate surface area is 203 Å². The van der Waals surface area contributed by atoms with E-state index in [4.69, 9.17) is 25.5 Å². The number of halogens is 1. The fourth-order valence-electron chi connectivity index (χ4n) is 3.78. The van der Waals surface area contributed by atoms with Gasteiger partial charge in [0.2, 0.25) is 5.91 Å². The summed E-state index contributed by atoms with van der Waals surface area (Å²) in [5.74, 6) is 1.25. The molecule has 1 aromatic heterocycles. The molecule has 1 heterocycles. The van der Waals surface area contributed by atoms with Crippen LogP contribution in [0.15, 0.2) is 77.4 Å². The molecule has 0 saturated carbocycles. The molecule has 4 aromatic rings. The van der Waals surface area contributed by atoms with Crippen molar-refractivity contribution >= 4 is 34.1 Å². The Bertz CT molecular complexity index is 1340. The fraction of sp³-hybridized carbons (Fsp3) is 0.179. The van der Waals surface area contributed by atoms with Crippen LogP contribution in [0.3, 0.4) is 0 Å². The highest BCUT2D eigenvalue weighted by atomic mass is 35.5. The van der Waals surface area contributed by atoms with E-state index in [2.05, 4.69) is 5.32 Å². The van der Waals surface area contributed by atoms with Crippen molar-refractivity contribution in [1.82, 2.24) is 5.32 Å². The molecule has 4 rings (SSSR count). The molecule has 0 atom stereocenters. The summed E-state index contributed by atoms with van der Waals surface area (Å²) in [7, 11) is 1.64. The Kier molecular flexibility index (Phi) is 7.24. The average Bonchev–Trinajstić information content (AvgIpc) is 3.26. The molecule has 0 unspecified atom stereocenters. The number of furan rings is 1. The quantitative estimate of drug-likeness (QED) is 0.282. The van der Waals surface area contributed by atoms with Crippen LogP contribution in [0.4, 0.5) is 0 Å². The molecule has 174 valence electrons. The minimum absolute atomic E-state index is 0.206. The van der Waals surface area contributed by atoms with Crippen LogP contribution in [-0.2, 0) is 11.3 Å². The number of carbonyl (C=O) groups is 1. The van der Waals surface area contributed by atoms with Gasteiger partial charge >= 0.3 is 0 Å². The number of allylic oxidation sites excluding steroid dienone is 1.